The summed E-state index contributed by atoms with van der Waals surface area (Å²) in [6.07, 6.45) is 1.69. The second kappa shape index (κ2) is 5.34. The molecular weight excluding hydrogens is 306 g/mol. The van der Waals surface area contributed by atoms with Gasteiger partial charge in [-0.3, -0.25) is 14.7 Å². The van der Waals surface area contributed by atoms with Gasteiger partial charge in [0.25, 0.3) is 11.1 Å². The lowest BCUT2D eigenvalue weighted by Crippen LogP contribution is -2.21. The molecule has 0 radical (unpaired) electrons. The molecule has 4 rings (SSSR count). The van der Waals surface area contributed by atoms with E-state index < -0.39 is 0 Å². The summed E-state index contributed by atoms with van der Waals surface area (Å²) in [6, 6.07) is 14.3. The van der Waals surface area contributed by atoms with Crippen molar-refractivity contribution in [3.63, 3.8) is 0 Å². The molecule has 0 aliphatic rings. The molecule has 24 heavy (non-hydrogen) atoms. The van der Waals surface area contributed by atoms with Crippen LogP contribution in [0.5, 0.6) is 5.75 Å². The van der Waals surface area contributed by atoms with E-state index in [2.05, 4.69) is 10.1 Å². The van der Waals surface area contributed by atoms with Crippen LogP contribution in [-0.2, 0) is 0 Å². The topological polar surface area (TPSA) is 76.5 Å². The summed E-state index contributed by atoms with van der Waals surface area (Å²) in [6.45, 7) is 0. The van der Waals surface area contributed by atoms with Crippen LogP contribution >= 0.6 is 0 Å². The fourth-order valence-corrected chi connectivity index (χ4v) is 2.71. The highest BCUT2D eigenvalue weighted by Gasteiger charge is 2.10. The van der Waals surface area contributed by atoms with Crippen molar-refractivity contribution in [1.29, 1.82) is 0 Å². The average Bonchev–Trinajstić information content (AvgIpc) is 2.92. The van der Waals surface area contributed by atoms with Crippen molar-refractivity contribution in [2.75, 3.05) is 7.11 Å². The van der Waals surface area contributed by atoms with Crippen molar-refractivity contribution in [3.8, 4) is 5.75 Å². The van der Waals surface area contributed by atoms with Gasteiger partial charge in [-0.15, -0.1) is 0 Å². The van der Waals surface area contributed by atoms with Gasteiger partial charge < -0.3 is 4.74 Å². The van der Waals surface area contributed by atoms with Gasteiger partial charge in [0.1, 0.15) is 5.75 Å². The molecule has 2 aromatic carbocycles. The molecule has 0 aliphatic carbocycles. The standard InChI is InChI=1S/C18H13N3O3/c1-24-12-6-4-5-11(9-12)10-14-16-19-15-8-3-2-7-13(15)18(23)21(16)20-17(14)22/h2-10H,1H3,(H,20,22)/b14-10-. The molecule has 0 amide bonds. The molecule has 2 heterocycles. The SMILES string of the molecule is COc1cccc(/C=c2\c(=O)[nH]n3c(=O)c4ccccc4nc23)c1. The molecule has 0 spiro atoms. The van der Waals surface area contributed by atoms with Gasteiger partial charge in [-0.2, -0.15) is 4.52 Å². The van der Waals surface area contributed by atoms with Gasteiger partial charge in [0, 0.05) is 0 Å². The van der Waals surface area contributed by atoms with E-state index in [9.17, 15) is 9.59 Å². The Bertz CT molecular complexity index is 1240. The molecule has 2 aromatic heterocycles. The molecule has 6 nitrogen and oxygen atoms in total. The number of aromatic amines is 1. The van der Waals surface area contributed by atoms with E-state index in [0.717, 1.165) is 5.56 Å². The third-order valence-corrected chi connectivity index (χ3v) is 3.88. The summed E-state index contributed by atoms with van der Waals surface area (Å²) >= 11 is 0. The molecular formula is C18H13N3O3. The molecule has 0 bridgehead atoms. The predicted molar refractivity (Wildman–Crippen MR) is 91.4 cm³/mol. The van der Waals surface area contributed by atoms with Gasteiger partial charge in [-0.25, -0.2) is 4.98 Å². The number of ether oxygens (including phenoxy) is 1. The lowest BCUT2D eigenvalue weighted by molar-refractivity contribution is 0.414. The van der Waals surface area contributed by atoms with Crippen LogP contribution < -0.4 is 21.1 Å². The molecule has 0 fully saturated rings. The lowest BCUT2D eigenvalue weighted by Gasteiger charge is -2.00. The Hall–Kier alpha value is -3.41. The zero-order valence-corrected chi connectivity index (χ0v) is 12.8. The first-order valence-electron chi connectivity index (χ1n) is 7.36. The maximum Gasteiger partial charge on any atom is 0.280 e. The lowest BCUT2D eigenvalue weighted by atomic mass is 10.2. The largest absolute Gasteiger partial charge is 0.497 e. The molecule has 0 unspecified atom stereocenters. The maximum atomic E-state index is 12.5. The molecule has 0 aliphatic heterocycles. The molecule has 0 saturated carbocycles. The molecule has 0 atom stereocenters. The summed E-state index contributed by atoms with van der Waals surface area (Å²) in [5.41, 5.74) is 0.999. The molecule has 6 heteroatoms. The molecule has 118 valence electrons. The maximum absolute atomic E-state index is 12.5. The zero-order chi connectivity index (χ0) is 16.7. The van der Waals surface area contributed by atoms with Crippen molar-refractivity contribution in [1.82, 2.24) is 14.6 Å². The number of hydrogen-bond acceptors (Lipinski definition) is 4. The Kier molecular flexibility index (Phi) is 3.16. The number of para-hydroxylation sites is 1. The third-order valence-electron chi connectivity index (χ3n) is 3.88. The van der Waals surface area contributed by atoms with Crippen molar-refractivity contribution >= 4 is 22.6 Å². The van der Waals surface area contributed by atoms with E-state index >= 15 is 0 Å². The quantitative estimate of drug-likeness (QED) is 0.600. The van der Waals surface area contributed by atoms with Gasteiger partial charge in [0.15, 0.2) is 5.65 Å². The molecule has 1 N–H and O–H groups in total. The Morgan fingerprint density at radius 3 is 2.79 bits per heavy atom. The highest BCUT2D eigenvalue weighted by Crippen LogP contribution is 2.13. The van der Waals surface area contributed by atoms with Gasteiger partial charge in [-0.05, 0) is 35.9 Å². The number of fused-ring (bicyclic) bond motifs is 2. The molecule has 4 aromatic rings. The number of hydrogen-bond donors (Lipinski definition) is 1. The first kappa shape index (κ1) is 14.2. The average molecular weight is 319 g/mol. The summed E-state index contributed by atoms with van der Waals surface area (Å²) < 4.78 is 6.38. The van der Waals surface area contributed by atoms with Crippen LogP contribution in [0.3, 0.4) is 0 Å². The van der Waals surface area contributed by atoms with Gasteiger partial charge >= 0.3 is 0 Å². The first-order valence-corrected chi connectivity index (χ1v) is 7.36. The van der Waals surface area contributed by atoms with Crippen LogP contribution in [0, 0.1) is 0 Å². The number of nitrogens with zero attached hydrogens (tertiary/aromatic N) is 2. The fourth-order valence-electron chi connectivity index (χ4n) is 2.71. The van der Waals surface area contributed by atoms with Gasteiger partial charge in [0.05, 0.1) is 23.2 Å². The van der Waals surface area contributed by atoms with Crippen LogP contribution in [0.2, 0.25) is 0 Å². The minimum Gasteiger partial charge on any atom is -0.497 e. The van der Waals surface area contributed by atoms with Crippen LogP contribution in [0.15, 0.2) is 58.1 Å². The Labute approximate surface area is 135 Å². The highest BCUT2D eigenvalue weighted by molar-refractivity contribution is 5.79. The number of rotatable bonds is 2. The summed E-state index contributed by atoms with van der Waals surface area (Å²) in [7, 11) is 1.58. The first-order chi connectivity index (χ1) is 11.7. The van der Waals surface area contributed by atoms with E-state index in [-0.39, 0.29) is 11.1 Å². The summed E-state index contributed by atoms with van der Waals surface area (Å²) in [5, 5.41) is 3.36. The number of H-pyrrole nitrogens is 1. The van der Waals surface area contributed by atoms with E-state index in [1.807, 2.05) is 30.3 Å². The minimum absolute atomic E-state index is 0.294. The number of benzene rings is 2. The molecule has 0 saturated heterocycles. The van der Waals surface area contributed by atoms with E-state index in [0.29, 0.717) is 27.5 Å². The second-order valence-electron chi connectivity index (χ2n) is 5.37. The number of methoxy groups -OCH3 is 1. The third kappa shape index (κ3) is 2.16. The number of aromatic nitrogens is 3. The van der Waals surface area contributed by atoms with Crippen molar-refractivity contribution < 1.29 is 4.74 Å². The van der Waals surface area contributed by atoms with E-state index in [4.69, 9.17) is 4.74 Å². The normalized spacial score (nSPS) is 12.1. The van der Waals surface area contributed by atoms with Crippen LogP contribution in [-0.4, -0.2) is 21.7 Å². The zero-order valence-electron chi connectivity index (χ0n) is 12.8. The van der Waals surface area contributed by atoms with Crippen LogP contribution in [0.25, 0.3) is 22.6 Å². The van der Waals surface area contributed by atoms with Gasteiger partial charge in [-0.1, -0.05) is 24.3 Å². The summed E-state index contributed by atoms with van der Waals surface area (Å²) in [5.74, 6) is 0.687. The van der Waals surface area contributed by atoms with E-state index in [1.54, 1.807) is 31.4 Å². The Balaban J connectivity index is 2.09. The van der Waals surface area contributed by atoms with Crippen LogP contribution in [0.1, 0.15) is 5.56 Å². The fraction of sp³-hybridized carbons (Fsp3) is 0.0556. The van der Waals surface area contributed by atoms with E-state index in [1.165, 1.54) is 4.52 Å². The minimum atomic E-state index is -0.363. The smallest absolute Gasteiger partial charge is 0.280 e. The Morgan fingerprint density at radius 1 is 1.12 bits per heavy atom. The van der Waals surface area contributed by atoms with Crippen molar-refractivity contribution in [2.24, 2.45) is 0 Å². The van der Waals surface area contributed by atoms with Crippen LogP contribution in [0.4, 0.5) is 0 Å². The highest BCUT2D eigenvalue weighted by atomic mass is 16.5. The number of nitrogens with one attached hydrogen (secondary N) is 1. The predicted octanol–water partition coefficient (Wildman–Crippen LogP) is 1.09. The monoisotopic (exact) mass is 319 g/mol. The second-order valence-corrected chi connectivity index (χ2v) is 5.37. The van der Waals surface area contributed by atoms with Crippen molar-refractivity contribution in [2.45, 2.75) is 0 Å². The summed E-state index contributed by atoms with van der Waals surface area (Å²) in [4.78, 5) is 29.3. The van der Waals surface area contributed by atoms with Crippen molar-refractivity contribution in [3.05, 3.63) is 80.0 Å². The Morgan fingerprint density at radius 2 is 1.96 bits per heavy atom. The van der Waals surface area contributed by atoms with Gasteiger partial charge in [0.2, 0.25) is 0 Å².